The number of methoxy groups -OCH3 is 1. The maximum Gasteiger partial charge on any atom is 0.261 e. The molecule has 0 N–H and O–H groups in total. The molecule has 0 aliphatic rings. The van der Waals surface area contributed by atoms with Gasteiger partial charge in [0.1, 0.15) is 10.6 Å². The van der Waals surface area contributed by atoms with Crippen LogP contribution in [0, 0.1) is 13.8 Å². The number of nitrogens with zero attached hydrogens (tertiary/aromatic N) is 2. The predicted molar refractivity (Wildman–Crippen MR) is 108 cm³/mol. The predicted octanol–water partition coefficient (Wildman–Crippen LogP) is 3.49. The van der Waals surface area contributed by atoms with Crippen LogP contribution in [0.2, 0.25) is 5.02 Å². The van der Waals surface area contributed by atoms with E-state index in [4.69, 9.17) is 16.3 Å². The second kappa shape index (κ2) is 7.88. The van der Waals surface area contributed by atoms with Gasteiger partial charge in [-0.25, -0.2) is 12.7 Å². The number of halogens is 1. The molecule has 0 saturated heterocycles. The third-order valence-corrected chi connectivity index (χ3v) is 6.60. The topological polar surface area (TPSA) is 66.9 Å². The van der Waals surface area contributed by atoms with Crippen LogP contribution >= 0.6 is 11.6 Å². The summed E-state index contributed by atoms with van der Waals surface area (Å²) in [6, 6.07) is 8.35. The van der Waals surface area contributed by atoms with Crippen LogP contribution in [0.4, 0.5) is 5.69 Å². The van der Waals surface area contributed by atoms with Gasteiger partial charge in [-0.3, -0.25) is 4.79 Å². The summed E-state index contributed by atoms with van der Waals surface area (Å²) in [5, 5.41) is -0.00757. The summed E-state index contributed by atoms with van der Waals surface area (Å²) in [7, 11) is 2.03. The Balaban J connectivity index is 2.65. The second-order valence-electron chi connectivity index (χ2n) is 6.37. The zero-order valence-corrected chi connectivity index (χ0v) is 17.8. The number of carbonyl (C=O) groups is 1. The number of aryl methyl sites for hydroxylation is 2. The van der Waals surface area contributed by atoms with Crippen molar-refractivity contribution in [1.82, 2.24) is 4.31 Å². The highest BCUT2D eigenvalue weighted by molar-refractivity contribution is 7.89. The van der Waals surface area contributed by atoms with Crippen molar-refractivity contribution in [2.75, 3.05) is 33.2 Å². The summed E-state index contributed by atoms with van der Waals surface area (Å²) in [5.74, 6) is -0.183. The third kappa shape index (κ3) is 3.95. The lowest BCUT2D eigenvalue weighted by Gasteiger charge is -2.23. The molecule has 0 aliphatic heterocycles. The van der Waals surface area contributed by atoms with E-state index in [-0.39, 0.29) is 21.2 Å². The SMILES string of the molecule is COc1cc(Cl)c(S(=O)(=O)N(C)C)cc1C(=O)N(C)c1c(C)cccc1C. The minimum atomic E-state index is -3.82. The summed E-state index contributed by atoms with van der Waals surface area (Å²) < 4.78 is 31.4. The van der Waals surface area contributed by atoms with Crippen molar-refractivity contribution in [2.45, 2.75) is 18.7 Å². The van der Waals surface area contributed by atoms with E-state index in [0.717, 1.165) is 21.1 Å². The molecule has 2 aromatic rings. The Kier molecular flexibility index (Phi) is 6.19. The lowest BCUT2D eigenvalue weighted by atomic mass is 10.1. The van der Waals surface area contributed by atoms with Crippen LogP contribution in [-0.4, -0.2) is 46.9 Å². The van der Waals surface area contributed by atoms with Crippen LogP contribution in [0.25, 0.3) is 0 Å². The van der Waals surface area contributed by atoms with Gasteiger partial charge < -0.3 is 9.64 Å². The second-order valence-corrected chi connectivity index (χ2v) is 8.90. The van der Waals surface area contributed by atoms with E-state index < -0.39 is 15.9 Å². The molecule has 0 bridgehead atoms. The van der Waals surface area contributed by atoms with Crippen LogP contribution in [-0.2, 0) is 10.0 Å². The average molecular weight is 411 g/mol. The number of ether oxygens (including phenoxy) is 1. The minimum Gasteiger partial charge on any atom is -0.496 e. The highest BCUT2D eigenvalue weighted by Gasteiger charge is 2.27. The maximum absolute atomic E-state index is 13.2. The Bertz CT molecular complexity index is 967. The Labute approximate surface area is 165 Å². The average Bonchev–Trinajstić information content (AvgIpc) is 2.60. The van der Waals surface area contributed by atoms with Gasteiger partial charge in [0.15, 0.2) is 0 Å². The number of sulfonamides is 1. The highest BCUT2D eigenvalue weighted by atomic mass is 35.5. The first-order valence-corrected chi connectivity index (χ1v) is 9.98. The number of para-hydroxylation sites is 1. The number of hydrogen-bond donors (Lipinski definition) is 0. The zero-order chi connectivity index (χ0) is 20.5. The molecule has 0 heterocycles. The molecule has 146 valence electrons. The standard InChI is InChI=1S/C19H23ClN2O4S/c1-12-8-7-9-13(2)18(12)22(5)19(23)14-10-17(27(24,25)21(3)4)15(20)11-16(14)26-6/h7-11H,1-6H3. The number of hydrogen-bond acceptors (Lipinski definition) is 4. The Morgan fingerprint density at radius 2 is 1.63 bits per heavy atom. The van der Waals surface area contributed by atoms with Crippen molar-refractivity contribution in [3.05, 3.63) is 52.0 Å². The first-order valence-electron chi connectivity index (χ1n) is 8.16. The molecule has 0 spiro atoms. The van der Waals surface area contributed by atoms with Crippen LogP contribution in [0.5, 0.6) is 5.75 Å². The molecule has 2 aromatic carbocycles. The van der Waals surface area contributed by atoms with Crippen molar-refractivity contribution in [1.29, 1.82) is 0 Å². The van der Waals surface area contributed by atoms with Gasteiger partial charge in [-0.15, -0.1) is 0 Å². The van der Waals surface area contributed by atoms with Gasteiger partial charge in [0, 0.05) is 32.9 Å². The number of rotatable bonds is 5. The van der Waals surface area contributed by atoms with Crippen molar-refractivity contribution in [3.8, 4) is 5.75 Å². The van der Waals surface area contributed by atoms with E-state index >= 15 is 0 Å². The normalized spacial score (nSPS) is 11.6. The fourth-order valence-electron chi connectivity index (χ4n) is 2.88. The molecule has 0 atom stereocenters. The van der Waals surface area contributed by atoms with Crippen LogP contribution in [0.3, 0.4) is 0 Å². The molecule has 0 unspecified atom stereocenters. The molecule has 0 radical (unpaired) electrons. The number of benzene rings is 2. The zero-order valence-electron chi connectivity index (χ0n) is 16.2. The Hall–Kier alpha value is -2.09. The van der Waals surface area contributed by atoms with E-state index in [1.807, 2.05) is 32.0 Å². The number of carbonyl (C=O) groups excluding carboxylic acids is 1. The van der Waals surface area contributed by atoms with Crippen molar-refractivity contribution in [3.63, 3.8) is 0 Å². The lowest BCUT2D eigenvalue weighted by molar-refractivity contribution is 0.0989. The van der Waals surface area contributed by atoms with Crippen LogP contribution in [0.15, 0.2) is 35.2 Å². The first-order chi connectivity index (χ1) is 12.5. The molecule has 0 fully saturated rings. The molecular formula is C19H23ClN2O4S. The van der Waals surface area contributed by atoms with Gasteiger partial charge in [-0.1, -0.05) is 29.8 Å². The highest BCUT2D eigenvalue weighted by Crippen LogP contribution is 2.33. The molecule has 1 amide bonds. The van der Waals surface area contributed by atoms with Crippen molar-refractivity contribution in [2.24, 2.45) is 0 Å². The molecule has 8 heteroatoms. The van der Waals surface area contributed by atoms with Crippen molar-refractivity contribution < 1.29 is 17.9 Å². The van der Waals surface area contributed by atoms with Gasteiger partial charge in [-0.2, -0.15) is 0 Å². The molecule has 2 rings (SSSR count). The Morgan fingerprint density at radius 3 is 2.11 bits per heavy atom. The molecular weight excluding hydrogens is 388 g/mol. The molecule has 0 aromatic heterocycles. The van der Waals surface area contributed by atoms with Gasteiger partial charge in [0.2, 0.25) is 10.0 Å². The number of anilines is 1. The summed E-state index contributed by atoms with van der Waals surface area (Å²) in [6.07, 6.45) is 0. The van der Waals surface area contributed by atoms with Crippen LogP contribution in [0.1, 0.15) is 21.5 Å². The van der Waals surface area contributed by atoms with Gasteiger partial charge >= 0.3 is 0 Å². The fraction of sp³-hybridized carbons (Fsp3) is 0.316. The minimum absolute atomic E-state index is 0.00757. The van der Waals surface area contributed by atoms with E-state index in [1.165, 1.54) is 38.2 Å². The lowest BCUT2D eigenvalue weighted by Crippen LogP contribution is -2.29. The largest absolute Gasteiger partial charge is 0.496 e. The van der Waals surface area contributed by atoms with E-state index in [0.29, 0.717) is 0 Å². The maximum atomic E-state index is 13.2. The monoisotopic (exact) mass is 410 g/mol. The third-order valence-electron chi connectivity index (χ3n) is 4.32. The molecule has 27 heavy (non-hydrogen) atoms. The quantitative estimate of drug-likeness (QED) is 0.756. The van der Waals surface area contributed by atoms with E-state index in [1.54, 1.807) is 7.05 Å². The molecule has 6 nitrogen and oxygen atoms in total. The Morgan fingerprint density at radius 1 is 1.07 bits per heavy atom. The van der Waals surface area contributed by atoms with Crippen LogP contribution < -0.4 is 9.64 Å². The number of amides is 1. The van der Waals surface area contributed by atoms with Gasteiger partial charge in [0.05, 0.1) is 17.7 Å². The van der Waals surface area contributed by atoms with E-state index in [9.17, 15) is 13.2 Å². The van der Waals surface area contributed by atoms with Gasteiger partial charge in [0.25, 0.3) is 5.91 Å². The first kappa shape index (κ1) is 21.2. The summed E-state index contributed by atoms with van der Waals surface area (Å²) in [5.41, 5.74) is 2.74. The smallest absolute Gasteiger partial charge is 0.261 e. The van der Waals surface area contributed by atoms with Crippen molar-refractivity contribution >= 4 is 33.2 Å². The van der Waals surface area contributed by atoms with Gasteiger partial charge in [-0.05, 0) is 31.0 Å². The van der Waals surface area contributed by atoms with E-state index in [2.05, 4.69) is 0 Å². The summed E-state index contributed by atoms with van der Waals surface area (Å²) in [4.78, 5) is 14.5. The summed E-state index contributed by atoms with van der Waals surface area (Å²) >= 11 is 6.15. The summed E-state index contributed by atoms with van der Waals surface area (Å²) in [6.45, 7) is 3.82. The molecule has 0 aliphatic carbocycles. The molecule has 0 saturated carbocycles. The fourth-order valence-corrected chi connectivity index (χ4v) is 4.29.